The molecule has 1 aromatic heterocycles. The van der Waals surface area contributed by atoms with Gasteiger partial charge in [-0.05, 0) is 28.1 Å². The molecule has 7 heteroatoms. The van der Waals surface area contributed by atoms with E-state index in [-0.39, 0.29) is 5.56 Å². The average molecular weight is 376 g/mol. The van der Waals surface area contributed by atoms with Crippen molar-refractivity contribution in [1.82, 2.24) is 4.98 Å². The number of carbonyl (C=O) groups is 1. The third kappa shape index (κ3) is 2.45. The summed E-state index contributed by atoms with van der Waals surface area (Å²) >= 11 is 26.1. The third-order valence-electron chi connectivity index (χ3n) is 2.24. The Morgan fingerprint density at radius 1 is 1.29 bits per heavy atom. The van der Waals surface area contributed by atoms with Gasteiger partial charge in [-0.2, -0.15) is 0 Å². The Morgan fingerprint density at radius 3 is 2.53 bits per heavy atom. The van der Waals surface area contributed by atoms with Gasteiger partial charge in [0.1, 0.15) is 0 Å². The summed E-state index contributed by atoms with van der Waals surface area (Å²) in [5.41, 5.74) is 0.960. The molecule has 0 spiro atoms. The van der Waals surface area contributed by atoms with E-state index in [1.165, 1.54) is 6.20 Å². The van der Waals surface area contributed by atoms with E-state index in [4.69, 9.17) is 46.4 Å². The number of rotatable bonds is 1. The number of benzene rings is 1. The number of fused-ring (bicyclic) bond motifs is 1. The van der Waals surface area contributed by atoms with Gasteiger partial charge in [-0.15, -0.1) is 0 Å². The lowest BCUT2D eigenvalue weighted by atomic mass is 10.1. The predicted molar refractivity (Wildman–Crippen MR) is 75.6 cm³/mol. The summed E-state index contributed by atoms with van der Waals surface area (Å²) in [4.78, 5) is 14.8. The molecule has 0 aliphatic carbocycles. The second kappa shape index (κ2) is 4.63. The van der Waals surface area contributed by atoms with Crippen molar-refractivity contribution in [3.63, 3.8) is 0 Å². The summed E-state index contributed by atoms with van der Waals surface area (Å²) in [5.74, 6) is -0.617. The Balaban J connectivity index is 2.72. The molecule has 17 heavy (non-hydrogen) atoms. The first kappa shape index (κ1) is 13.5. The molecule has 1 aromatic carbocycles. The van der Waals surface area contributed by atoms with Crippen molar-refractivity contribution in [2.24, 2.45) is 0 Å². The fourth-order valence-electron chi connectivity index (χ4n) is 1.49. The van der Waals surface area contributed by atoms with Crippen molar-refractivity contribution < 1.29 is 4.79 Å². The summed E-state index contributed by atoms with van der Waals surface area (Å²) in [5, 5.41) is 0.943. The van der Waals surface area contributed by atoms with E-state index in [9.17, 15) is 4.79 Å². The van der Waals surface area contributed by atoms with Crippen LogP contribution in [0.25, 0.3) is 10.9 Å². The Morgan fingerprint density at radius 2 is 1.94 bits per heavy atom. The minimum absolute atomic E-state index is 0.256. The maximum absolute atomic E-state index is 11.9. The zero-order valence-corrected chi connectivity index (χ0v) is 12.6. The Kier molecular flexibility index (Phi) is 3.68. The number of H-pyrrole nitrogens is 1. The first-order valence-electron chi connectivity index (χ1n) is 4.39. The summed E-state index contributed by atoms with van der Waals surface area (Å²) in [7, 11) is 0. The first-order valence-corrected chi connectivity index (χ1v) is 6.69. The molecular formula is C10H4BrCl4NO. The van der Waals surface area contributed by atoms with Crippen LogP contribution < -0.4 is 0 Å². The number of aromatic nitrogens is 1. The van der Waals surface area contributed by atoms with Gasteiger partial charge in [0.15, 0.2) is 0 Å². The molecule has 1 heterocycles. The van der Waals surface area contributed by atoms with E-state index in [1.54, 1.807) is 12.1 Å². The molecule has 0 atom stereocenters. The second-order valence-electron chi connectivity index (χ2n) is 3.31. The molecule has 2 aromatic rings. The highest BCUT2D eigenvalue weighted by molar-refractivity contribution is 9.10. The molecule has 90 valence electrons. The zero-order chi connectivity index (χ0) is 12.8. The van der Waals surface area contributed by atoms with Crippen LogP contribution in [0.5, 0.6) is 0 Å². The van der Waals surface area contributed by atoms with Crippen LogP contribution in [0, 0.1) is 0 Å². The fourth-order valence-corrected chi connectivity index (χ4v) is 2.39. The quantitative estimate of drug-likeness (QED) is 0.543. The van der Waals surface area contributed by atoms with Crippen molar-refractivity contribution in [3.05, 3.63) is 33.4 Å². The summed E-state index contributed by atoms with van der Waals surface area (Å²) in [6.45, 7) is 0. The van der Waals surface area contributed by atoms with Crippen LogP contribution in [0.2, 0.25) is 5.02 Å². The molecule has 0 aliphatic heterocycles. The molecule has 0 saturated carbocycles. The smallest absolute Gasteiger partial charge is 0.253 e. The molecule has 2 rings (SSSR count). The normalized spacial score (nSPS) is 12.1. The van der Waals surface area contributed by atoms with Gasteiger partial charge in [0.25, 0.3) is 3.79 Å². The maximum Gasteiger partial charge on any atom is 0.253 e. The van der Waals surface area contributed by atoms with Crippen LogP contribution in [0.4, 0.5) is 0 Å². The second-order valence-corrected chi connectivity index (χ2v) is 6.83. The lowest BCUT2D eigenvalue weighted by Gasteiger charge is -2.08. The number of Topliss-reactive ketones (excluding diaryl/α,β-unsaturated/α-hetero) is 1. The lowest BCUT2D eigenvalue weighted by molar-refractivity contribution is 0.0998. The molecule has 0 aliphatic rings. The van der Waals surface area contributed by atoms with Gasteiger partial charge < -0.3 is 4.98 Å². The highest BCUT2D eigenvalue weighted by atomic mass is 79.9. The summed E-state index contributed by atoms with van der Waals surface area (Å²) < 4.78 is -1.33. The van der Waals surface area contributed by atoms with Gasteiger partial charge >= 0.3 is 0 Å². The van der Waals surface area contributed by atoms with Crippen LogP contribution in [-0.2, 0) is 0 Å². The topological polar surface area (TPSA) is 32.9 Å². The first-order chi connectivity index (χ1) is 7.82. The fraction of sp³-hybridized carbons (Fsp3) is 0.100. The van der Waals surface area contributed by atoms with Gasteiger partial charge in [-0.25, -0.2) is 0 Å². The molecule has 0 fully saturated rings. The molecular weight excluding hydrogens is 372 g/mol. The van der Waals surface area contributed by atoms with Gasteiger partial charge in [-0.3, -0.25) is 4.79 Å². The summed E-state index contributed by atoms with van der Waals surface area (Å²) in [6, 6.07) is 3.55. The number of hydrogen-bond acceptors (Lipinski definition) is 1. The van der Waals surface area contributed by atoms with Crippen molar-refractivity contribution in [2.75, 3.05) is 0 Å². The van der Waals surface area contributed by atoms with E-state index in [0.717, 1.165) is 0 Å². The lowest BCUT2D eigenvalue weighted by Crippen LogP contribution is -2.18. The summed E-state index contributed by atoms with van der Waals surface area (Å²) in [6.07, 6.45) is 1.48. The van der Waals surface area contributed by atoms with E-state index in [0.29, 0.717) is 20.4 Å². The number of alkyl halides is 3. The van der Waals surface area contributed by atoms with Gasteiger partial charge in [0, 0.05) is 27.1 Å². The molecule has 1 N–H and O–H groups in total. The van der Waals surface area contributed by atoms with Crippen LogP contribution in [0.3, 0.4) is 0 Å². The number of ketones is 1. The average Bonchev–Trinajstić information content (AvgIpc) is 2.65. The standard InChI is InChI=1S/C10H4BrCl4NO/c11-5-1-2-6-7(8(5)12)4(3-16-6)9(17)10(13,14)15/h1-3,16H. The van der Waals surface area contributed by atoms with Gasteiger partial charge in [0.2, 0.25) is 5.78 Å². The highest BCUT2D eigenvalue weighted by Crippen LogP contribution is 2.37. The Hall–Kier alpha value is 0.0700. The zero-order valence-electron chi connectivity index (χ0n) is 8.03. The predicted octanol–water partition coefficient (Wildman–Crippen LogP) is 5.14. The van der Waals surface area contributed by atoms with Crippen molar-refractivity contribution >= 4 is 79.0 Å². The molecule has 2 nitrogen and oxygen atoms in total. The molecule has 0 bridgehead atoms. The SMILES string of the molecule is O=C(c1c[nH]c2ccc(Br)c(Cl)c12)C(Cl)(Cl)Cl. The van der Waals surface area contributed by atoms with Gasteiger partial charge in [0.05, 0.1) is 5.02 Å². The largest absolute Gasteiger partial charge is 0.360 e. The molecule has 0 unspecified atom stereocenters. The number of nitrogens with one attached hydrogen (secondary N) is 1. The molecule has 0 radical (unpaired) electrons. The number of aromatic amines is 1. The van der Waals surface area contributed by atoms with E-state index >= 15 is 0 Å². The van der Waals surface area contributed by atoms with E-state index < -0.39 is 9.58 Å². The van der Waals surface area contributed by atoms with Crippen LogP contribution in [-0.4, -0.2) is 14.6 Å². The number of hydrogen-bond donors (Lipinski definition) is 1. The third-order valence-corrected chi connectivity index (χ3v) is 4.03. The van der Waals surface area contributed by atoms with Crippen LogP contribution >= 0.6 is 62.3 Å². The van der Waals surface area contributed by atoms with Gasteiger partial charge in [-0.1, -0.05) is 46.4 Å². The van der Waals surface area contributed by atoms with Crippen LogP contribution in [0.1, 0.15) is 10.4 Å². The highest BCUT2D eigenvalue weighted by Gasteiger charge is 2.33. The minimum atomic E-state index is -2.00. The van der Waals surface area contributed by atoms with E-state index in [2.05, 4.69) is 20.9 Å². The number of halogens is 5. The Labute approximate surface area is 125 Å². The van der Waals surface area contributed by atoms with Crippen molar-refractivity contribution in [3.8, 4) is 0 Å². The van der Waals surface area contributed by atoms with Crippen molar-refractivity contribution in [2.45, 2.75) is 3.79 Å². The molecule has 0 amide bonds. The molecule has 0 saturated heterocycles. The van der Waals surface area contributed by atoms with Crippen molar-refractivity contribution in [1.29, 1.82) is 0 Å². The monoisotopic (exact) mass is 373 g/mol. The minimum Gasteiger partial charge on any atom is -0.360 e. The Bertz CT molecular complexity index is 602. The van der Waals surface area contributed by atoms with E-state index in [1.807, 2.05) is 0 Å². The maximum atomic E-state index is 11.9. The van der Waals surface area contributed by atoms with Crippen LogP contribution in [0.15, 0.2) is 22.8 Å². The number of carbonyl (C=O) groups excluding carboxylic acids is 1.